The summed E-state index contributed by atoms with van der Waals surface area (Å²) in [4.78, 5) is 7.14. The zero-order chi connectivity index (χ0) is 22.2. The highest BCUT2D eigenvalue weighted by Gasteiger charge is 2.12. The Morgan fingerprint density at radius 2 is 1.67 bits per heavy atom. The first-order valence-corrected chi connectivity index (χ1v) is 10.7. The summed E-state index contributed by atoms with van der Waals surface area (Å²) < 4.78 is 1.07. The van der Waals surface area contributed by atoms with Crippen molar-refractivity contribution in [3.05, 3.63) is 121 Å². The zero-order valence-electron chi connectivity index (χ0n) is 18.0. The molecule has 0 saturated carbocycles. The van der Waals surface area contributed by atoms with E-state index in [0.29, 0.717) is 6.54 Å². The topological polar surface area (TPSA) is 16.1 Å². The molecule has 0 aliphatic rings. The average molecular weight is 417 g/mol. The second-order valence-electron chi connectivity index (χ2n) is 6.25. The summed E-state index contributed by atoms with van der Waals surface area (Å²) in [6.07, 6.45) is 25.9. The Bertz CT molecular complexity index is 943. The van der Waals surface area contributed by atoms with Gasteiger partial charge in [0, 0.05) is 13.1 Å². The molecule has 0 aromatic carbocycles. The van der Waals surface area contributed by atoms with Gasteiger partial charge in [-0.15, -0.1) is 0 Å². The van der Waals surface area contributed by atoms with Crippen LogP contribution in [0.4, 0.5) is 5.13 Å². The Hall–Kier alpha value is -3.17. The molecule has 1 heterocycles. The molecule has 1 aromatic rings. The standard InChI is InChI=1S/C27H32N2S/c1-7-13-15-19-24(12-6)22-29(21-20-23(11-5)18-14-8-2)27-28-25(16-9-3)26(30-27)17-10-4/h7-19H,1-4,6,20-22H2,5H3/b15-13-,18-14-,23-11+,24-19+,25-16+,26-17+. The lowest BCUT2D eigenvalue weighted by Gasteiger charge is -2.22. The molecular formula is C27H32N2S. The molecule has 30 heavy (non-hydrogen) atoms. The monoisotopic (exact) mass is 416 g/mol. The van der Waals surface area contributed by atoms with Crippen molar-refractivity contribution in [3.63, 3.8) is 0 Å². The second kappa shape index (κ2) is 14.8. The van der Waals surface area contributed by atoms with Crippen LogP contribution in [-0.2, 0) is 0 Å². The van der Waals surface area contributed by atoms with Crippen LogP contribution >= 0.6 is 11.3 Å². The van der Waals surface area contributed by atoms with Crippen molar-refractivity contribution in [1.29, 1.82) is 0 Å². The van der Waals surface area contributed by atoms with Crippen LogP contribution in [0.3, 0.4) is 0 Å². The lowest BCUT2D eigenvalue weighted by Crippen LogP contribution is -2.27. The fraction of sp³-hybridized carbons (Fsp3) is 0.148. The smallest absolute Gasteiger partial charge is 0.186 e. The largest absolute Gasteiger partial charge is 0.343 e. The van der Waals surface area contributed by atoms with Gasteiger partial charge in [-0.2, -0.15) is 0 Å². The number of rotatable bonds is 13. The number of hydrogen-bond acceptors (Lipinski definition) is 3. The van der Waals surface area contributed by atoms with Crippen molar-refractivity contribution in [2.24, 2.45) is 0 Å². The third-order valence-electron chi connectivity index (χ3n) is 4.17. The fourth-order valence-corrected chi connectivity index (χ4v) is 3.62. The van der Waals surface area contributed by atoms with Gasteiger partial charge < -0.3 is 4.90 Å². The van der Waals surface area contributed by atoms with Crippen LogP contribution in [-0.4, -0.2) is 18.1 Å². The van der Waals surface area contributed by atoms with Gasteiger partial charge in [0.05, 0.1) is 9.88 Å². The second-order valence-corrected chi connectivity index (χ2v) is 7.26. The minimum atomic E-state index is 0.710. The average Bonchev–Trinajstić information content (AvgIpc) is 3.14. The van der Waals surface area contributed by atoms with Crippen LogP contribution in [0, 0.1) is 0 Å². The van der Waals surface area contributed by atoms with Gasteiger partial charge in [-0.3, -0.25) is 0 Å². The molecule has 0 saturated heterocycles. The quantitative estimate of drug-likeness (QED) is 0.377. The van der Waals surface area contributed by atoms with E-state index in [9.17, 15) is 0 Å². The first-order valence-electron chi connectivity index (χ1n) is 9.85. The Morgan fingerprint density at radius 1 is 0.933 bits per heavy atom. The lowest BCUT2D eigenvalue weighted by atomic mass is 10.1. The van der Waals surface area contributed by atoms with E-state index in [-0.39, 0.29) is 0 Å². The Kier molecular flexibility index (Phi) is 12.2. The van der Waals surface area contributed by atoms with Gasteiger partial charge >= 0.3 is 0 Å². The highest BCUT2D eigenvalue weighted by molar-refractivity contribution is 7.13. The molecule has 1 aromatic heterocycles. The van der Waals surface area contributed by atoms with Gasteiger partial charge in [-0.05, 0) is 31.1 Å². The highest BCUT2D eigenvalue weighted by Crippen LogP contribution is 2.18. The molecule has 0 N–H and O–H groups in total. The van der Waals surface area contributed by atoms with E-state index < -0.39 is 0 Å². The molecule has 2 nitrogen and oxygen atoms in total. The minimum absolute atomic E-state index is 0.710. The SMILES string of the molecule is C=C/C=C\C=C(/C=C)CN(CCC(/C=C\C=C)=C/C)c1nc(=C/C=C)/c(=C\C=C)s1. The van der Waals surface area contributed by atoms with Crippen molar-refractivity contribution in [2.75, 3.05) is 18.0 Å². The summed E-state index contributed by atoms with van der Waals surface area (Å²) in [5, 5.41) is 1.86. The summed E-state index contributed by atoms with van der Waals surface area (Å²) in [6.45, 7) is 22.7. The molecule has 0 spiro atoms. The van der Waals surface area contributed by atoms with E-state index in [1.54, 1.807) is 35.6 Å². The summed E-state index contributed by atoms with van der Waals surface area (Å²) in [7, 11) is 0. The lowest BCUT2D eigenvalue weighted by molar-refractivity contribution is 0.821. The van der Waals surface area contributed by atoms with Crippen LogP contribution in [0.15, 0.2) is 111 Å². The molecule has 0 amide bonds. The van der Waals surface area contributed by atoms with Crippen LogP contribution in [0.25, 0.3) is 12.2 Å². The van der Waals surface area contributed by atoms with Crippen LogP contribution in [0.2, 0.25) is 0 Å². The van der Waals surface area contributed by atoms with E-state index in [1.165, 1.54) is 5.57 Å². The van der Waals surface area contributed by atoms with Crippen LogP contribution in [0.5, 0.6) is 0 Å². The predicted molar refractivity (Wildman–Crippen MR) is 138 cm³/mol. The molecule has 0 unspecified atom stereocenters. The number of aromatic nitrogens is 1. The molecular weight excluding hydrogens is 384 g/mol. The molecule has 1 rings (SSSR count). The summed E-state index contributed by atoms with van der Waals surface area (Å²) >= 11 is 1.65. The van der Waals surface area contributed by atoms with Crippen LogP contribution < -0.4 is 14.8 Å². The Morgan fingerprint density at radius 3 is 2.27 bits per heavy atom. The van der Waals surface area contributed by atoms with Crippen molar-refractivity contribution in [1.82, 2.24) is 4.98 Å². The van der Waals surface area contributed by atoms with Gasteiger partial charge in [-0.25, -0.2) is 4.98 Å². The first kappa shape index (κ1) is 24.9. The van der Waals surface area contributed by atoms with E-state index in [4.69, 9.17) is 4.98 Å². The third kappa shape index (κ3) is 8.46. The van der Waals surface area contributed by atoms with E-state index >= 15 is 0 Å². The van der Waals surface area contributed by atoms with E-state index in [2.05, 4.69) is 62.9 Å². The summed E-state index contributed by atoms with van der Waals surface area (Å²) in [5.41, 5.74) is 2.36. The van der Waals surface area contributed by atoms with Crippen molar-refractivity contribution >= 4 is 28.6 Å². The molecule has 0 radical (unpaired) electrons. The molecule has 0 atom stereocenters. The number of hydrogen-bond donors (Lipinski definition) is 0. The van der Waals surface area contributed by atoms with Gasteiger partial charge in [-0.1, -0.05) is 117 Å². The normalized spacial score (nSPS) is 13.8. The molecule has 0 bridgehead atoms. The van der Waals surface area contributed by atoms with Crippen LogP contribution in [0.1, 0.15) is 13.3 Å². The molecule has 0 aliphatic heterocycles. The van der Waals surface area contributed by atoms with Crippen molar-refractivity contribution in [3.8, 4) is 0 Å². The number of thiazole rings is 1. The Labute approximate surface area is 185 Å². The van der Waals surface area contributed by atoms with Gasteiger partial charge in [0.15, 0.2) is 5.13 Å². The number of nitrogens with zero attached hydrogens (tertiary/aromatic N) is 2. The van der Waals surface area contributed by atoms with E-state index in [1.807, 2.05) is 36.5 Å². The maximum atomic E-state index is 4.86. The van der Waals surface area contributed by atoms with Gasteiger partial charge in [0.2, 0.25) is 0 Å². The molecule has 0 aliphatic carbocycles. The maximum absolute atomic E-state index is 4.86. The molecule has 156 valence electrons. The number of anilines is 1. The predicted octanol–water partition coefficient (Wildman–Crippen LogP) is 5.82. The van der Waals surface area contributed by atoms with Gasteiger partial charge in [0.25, 0.3) is 0 Å². The zero-order valence-corrected chi connectivity index (χ0v) is 18.8. The summed E-state index contributed by atoms with van der Waals surface area (Å²) in [6, 6.07) is 0. The Balaban J connectivity index is 3.34. The third-order valence-corrected chi connectivity index (χ3v) is 5.26. The van der Waals surface area contributed by atoms with E-state index in [0.717, 1.165) is 33.6 Å². The fourth-order valence-electron chi connectivity index (χ4n) is 2.61. The summed E-state index contributed by atoms with van der Waals surface area (Å²) in [5.74, 6) is 0. The maximum Gasteiger partial charge on any atom is 0.186 e. The first-order chi connectivity index (χ1) is 14.6. The molecule has 3 heteroatoms. The van der Waals surface area contributed by atoms with Gasteiger partial charge in [0.1, 0.15) is 0 Å². The number of allylic oxidation sites excluding steroid dienone is 10. The van der Waals surface area contributed by atoms with Crippen molar-refractivity contribution in [2.45, 2.75) is 13.3 Å². The minimum Gasteiger partial charge on any atom is -0.343 e. The molecule has 0 fully saturated rings. The van der Waals surface area contributed by atoms with Crippen molar-refractivity contribution < 1.29 is 0 Å². The highest BCUT2D eigenvalue weighted by atomic mass is 32.1.